The first-order chi connectivity index (χ1) is 23.1. The third kappa shape index (κ3) is 3.94. The Balaban J connectivity index is 1.14. The predicted molar refractivity (Wildman–Crippen MR) is 176 cm³/mol. The Morgan fingerprint density at radius 1 is 1.04 bits per heavy atom. The molecule has 0 aromatic heterocycles. The maximum absolute atomic E-state index is 12.8. The Morgan fingerprint density at radius 2 is 1.74 bits per heavy atom. The molecular formula is C38H58O12. The molecule has 7 fully saturated rings. The molecule has 282 valence electrons. The van der Waals surface area contributed by atoms with E-state index in [0.29, 0.717) is 12.8 Å². The first kappa shape index (κ1) is 35.8. The van der Waals surface area contributed by atoms with Gasteiger partial charge in [-0.25, -0.2) is 0 Å². The molecule has 2 bridgehead atoms. The van der Waals surface area contributed by atoms with Crippen LogP contribution in [0.5, 0.6) is 0 Å². The molecule has 12 nitrogen and oxygen atoms in total. The lowest BCUT2D eigenvalue weighted by Crippen LogP contribution is -2.61. The summed E-state index contributed by atoms with van der Waals surface area (Å²) in [4.78, 5) is 12.5. The van der Waals surface area contributed by atoms with Gasteiger partial charge in [0.2, 0.25) is 5.79 Å². The van der Waals surface area contributed by atoms with Gasteiger partial charge < -0.3 is 54.3 Å². The highest BCUT2D eigenvalue weighted by molar-refractivity contribution is 5.66. The molecule has 6 N–H and O–H groups in total. The second kappa shape index (κ2) is 10.5. The van der Waals surface area contributed by atoms with Crippen LogP contribution in [0.1, 0.15) is 100 Å². The van der Waals surface area contributed by atoms with E-state index in [1.807, 2.05) is 0 Å². The second-order valence-electron chi connectivity index (χ2n) is 19.0. The third-order valence-corrected chi connectivity index (χ3v) is 16.1. The summed E-state index contributed by atoms with van der Waals surface area (Å²) in [6, 6.07) is 0. The van der Waals surface area contributed by atoms with Crippen molar-refractivity contribution >= 4 is 5.97 Å². The number of rotatable bonds is 5. The van der Waals surface area contributed by atoms with Crippen LogP contribution in [-0.4, -0.2) is 109 Å². The summed E-state index contributed by atoms with van der Waals surface area (Å²) < 4.78 is 31.8. The first-order valence-electron chi connectivity index (χ1n) is 18.8. The summed E-state index contributed by atoms with van der Waals surface area (Å²) in [6.07, 6.45) is -0.657. The maximum Gasteiger partial charge on any atom is 0.305 e. The molecule has 0 aromatic rings. The van der Waals surface area contributed by atoms with E-state index in [4.69, 9.17) is 23.7 Å². The van der Waals surface area contributed by atoms with Crippen LogP contribution in [0.3, 0.4) is 0 Å². The fraction of sp³-hybridized carbons (Fsp3) is 0.921. The lowest BCUT2D eigenvalue weighted by atomic mass is 9.44. The summed E-state index contributed by atoms with van der Waals surface area (Å²) in [5.41, 5.74) is -1.92. The Hall–Kier alpha value is -1.19. The van der Waals surface area contributed by atoms with Gasteiger partial charge in [-0.3, -0.25) is 4.79 Å². The molecule has 0 radical (unpaired) electrons. The molecule has 5 aliphatic carbocycles. The molecular weight excluding hydrogens is 648 g/mol. The van der Waals surface area contributed by atoms with Gasteiger partial charge in [0.15, 0.2) is 6.29 Å². The van der Waals surface area contributed by atoms with E-state index in [-0.39, 0.29) is 40.1 Å². The van der Waals surface area contributed by atoms with E-state index in [9.17, 15) is 35.4 Å². The quantitative estimate of drug-likeness (QED) is 0.181. The topological polar surface area (TPSA) is 185 Å². The van der Waals surface area contributed by atoms with Crippen LogP contribution in [0.2, 0.25) is 0 Å². The van der Waals surface area contributed by atoms with Gasteiger partial charge in [-0.2, -0.15) is 0 Å². The van der Waals surface area contributed by atoms with Crippen LogP contribution in [0.15, 0.2) is 11.6 Å². The molecule has 8 rings (SSSR count). The van der Waals surface area contributed by atoms with E-state index in [0.717, 1.165) is 32.1 Å². The van der Waals surface area contributed by atoms with E-state index < -0.39 is 83.5 Å². The molecule has 3 saturated heterocycles. The van der Waals surface area contributed by atoms with E-state index in [2.05, 4.69) is 40.7 Å². The number of allylic oxidation sites excluding steroid dienone is 1. The highest BCUT2D eigenvalue weighted by atomic mass is 16.9. The largest absolute Gasteiger partial charge is 0.427 e. The monoisotopic (exact) mass is 706 g/mol. The van der Waals surface area contributed by atoms with Crippen molar-refractivity contribution in [3.05, 3.63) is 11.6 Å². The van der Waals surface area contributed by atoms with Crippen LogP contribution in [0.25, 0.3) is 0 Å². The Bertz CT molecular complexity index is 1470. The van der Waals surface area contributed by atoms with E-state index >= 15 is 0 Å². The summed E-state index contributed by atoms with van der Waals surface area (Å²) in [5, 5.41) is 65.6. The second-order valence-corrected chi connectivity index (χ2v) is 19.0. The Kier molecular flexibility index (Phi) is 7.53. The molecule has 50 heavy (non-hydrogen) atoms. The normalized spacial score (nSPS) is 57.4. The van der Waals surface area contributed by atoms with Crippen molar-refractivity contribution in [3.8, 4) is 0 Å². The molecule has 0 amide bonds. The molecule has 3 aliphatic heterocycles. The van der Waals surface area contributed by atoms with Crippen LogP contribution in [-0.2, 0) is 28.5 Å². The number of aliphatic hydroxyl groups excluding tert-OH is 5. The molecule has 0 aromatic carbocycles. The predicted octanol–water partition coefficient (Wildman–Crippen LogP) is 2.29. The maximum atomic E-state index is 12.8. The molecule has 5 unspecified atom stereocenters. The number of carbonyl (C=O) groups excluding carboxylic acids is 1. The molecule has 3 spiro atoms. The van der Waals surface area contributed by atoms with Crippen LogP contribution in [0.4, 0.5) is 0 Å². The highest BCUT2D eigenvalue weighted by Gasteiger charge is 2.88. The average Bonchev–Trinajstić information content (AvgIpc) is 3.57. The number of ether oxygens (including phenoxy) is 5. The lowest BCUT2D eigenvalue weighted by molar-refractivity contribution is -0.334. The summed E-state index contributed by atoms with van der Waals surface area (Å²) in [7, 11) is 0. The fourth-order valence-corrected chi connectivity index (χ4v) is 13.8. The van der Waals surface area contributed by atoms with Crippen molar-refractivity contribution < 1.29 is 59.1 Å². The van der Waals surface area contributed by atoms with Gasteiger partial charge in [0, 0.05) is 18.3 Å². The van der Waals surface area contributed by atoms with E-state index in [1.165, 1.54) is 12.5 Å². The molecule has 3 heterocycles. The van der Waals surface area contributed by atoms with Crippen LogP contribution in [0, 0.1) is 44.8 Å². The van der Waals surface area contributed by atoms with Crippen LogP contribution >= 0.6 is 0 Å². The van der Waals surface area contributed by atoms with Gasteiger partial charge in [0.25, 0.3) is 5.79 Å². The van der Waals surface area contributed by atoms with Crippen LogP contribution < -0.4 is 0 Å². The highest BCUT2D eigenvalue weighted by Crippen LogP contribution is 2.89. The van der Waals surface area contributed by atoms with Gasteiger partial charge in [-0.05, 0) is 92.3 Å². The zero-order valence-corrected chi connectivity index (χ0v) is 30.7. The number of esters is 1. The summed E-state index contributed by atoms with van der Waals surface area (Å²) in [6.45, 7) is 15.0. The van der Waals surface area contributed by atoms with Crippen molar-refractivity contribution in [2.75, 3.05) is 6.61 Å². The van der Waals surface area contributed by atoms with E-state index in [1.54, 1.807) is 13.8 Å². The molecule has 12 heteroatoms. The van der Waals surface area contributed by atoms with Gasteiger partial charge in [-0.1, -0.05) is 46.3 Å². The zero-order valence-electron chi connectivity index (χ0n) is 30.7. The van der Waals surface area contributed by atoms with Crippen molar-refractivity contribution in [3.63, 3.8) is 0 Å². The van der Waals surface area contributed by atoms with Crippen molar-refractivity contribution in [2.24, 2.45) is 44.8 Å². The van der Waals surface area contributed by atoms with Gasteiger partial charge in [-0.15, -0.1) is 0 Å². The number of aliphatic hydroxyl groups is 6. The van der Waals surface area contributed by atoms with Crippen molar-refractivity contribution in [1.82, 2.24) is 0 Å². The van der Waals surface area contributed by atoms with Crippen molar-refractivity contribution in [2.45, 2.75) is 167 Å². The number of hydrogen-bond donors (Lipinski definition) is 6. The number of fused-ring (bicyclic) bond motifs is 4. The fourth-order valence-electron chi connectivity index (χ4n) is 13.8. The molecule has 4 saturated carbocycles. The standard InChI is InChI=1S/C38H58O12/c1-18-15-24-38(32(5,6)45,48-19(2)40)50-37(49-24)28(18)33(7)13-14-36-17-35(36)12-11-23(47-29-27(43)26(42)25(41)20(16-39)46-29)31(3,4)21(35)9-10-22(36)34(33,8)30(37)44/h10,18,20-21,23-30,39,41-45H,9,11-17H2,1-8H3/t18-,20-,21+,23+,24?,25+,26+,27-,28?,29+,30?,33-,34-,35-,36+,37?,38?/m1/s1. The van der Waals surface area contributed by atoms with Crippen molar-refractivity contribution in [1.29, 1.82) is 0 Å². The minimum absolute atomic E-state index is 0.00849. The average molecular weight is 707 g/mol. The summed E-state index contributed by atoms with van der Waals surface area (Å²) >= 11 is 0. The minimum Gasteiger partial charge on any atom is -0.427 e. The van der Waals surface area contributed by atoms with Gasteiger partial charge >= 0.3 is 5.97 Å². The van der Waals surface area contributed by atoms with Gasteiger partial charge in [0.05, 0.1) is 12.7 Å². The zero-order chi connectivity index (χ0) is 36.4. The number of hydrogen-bond acceptors (Lipinski definition) is 12. The number of carbonyl (C=O) groups is 1. The Labute approximate surface area is 294 Å². The minimum atomic E-state index is -1.77. The third-order valence-electron chi connectivity index (χ3n) is 16.1. The first-order valence-corrected chi connectivity index (χ1v) is 18.8. The smallest absolute Gasteiger partial charge is 0.305 e. The molecule has 8 aliphatic rings. The van der Waals surface area contributed by atoms with Gasteiger partial charge in [0.1, 0.15) is 42.2 Å². The lowest BCUT2D eigenvalue weighted by Gasteiger charge is -2.60. The Morgan fingerprint density at radius 3 is 2.38 bits per heavy atom. The summed E-state index contributed by atoms with van der Waals surface area (Å²) in [5.74, 6) is -3.73. The molecule has 17 atom stereocenters. The SMILES string of the molecule is CC(=O)OC1(C(C)(C)O)OC23OC1C[C@@H](C)C2[C@@]1(C)CC[C@@]24C[C@@]25CC[C@H](O[C@@H]2O[C@H](CO)[C@H](O)[C@H](O)[C@H]2O)C(C)(C)[C@@H]5CC=C4[C@]1(C)C3O.